The minimum atomic E-state index is -0.323. The lowest BCUT2D eigenvalue weighted by molar-refractivity contribution is -0.123. The highest BCUT2D eigenvalue weighted by molar-refractivity contribution is 5.77. The third-order valence-corrected chi connectivity index (χ3v) is 4.61. The van der Waals surface area contributed by atoms with Crippen molar-refractivity contribution >= 4 is 5.91 Å². The number of hydrogen-bond donors (Lipinski definition) is 1. The number of nitrogens with zero attached hydrogens (tertiary/aromatic N) is 2. The van der Waals surface area contributed by atoms with Crippen LogP contribution in [-0.2, 0) is 11.3 Å². The SMILES string of the molecule is O=C(COc1ccc(F)cc1)NCC1CCN(Cc2cccnc2)CC1. The zero-order valence-electron chi connectivity index (χ0n) is 14.7. The van der Waals surface area contributed by atoms with E-state index in [9.17, 15) is 9.18 Å². The maximum absolute atomic E-state index is 12.8. The summed E-state index contributed by atoms with van der Waals surface area (Å²) in [6.07, 6.45) is 5.84. The third-order valence-electron chi connectivity index (χ3n) is 4.61. The van der Waals surface area contributed by atoms with Gasteiger partial charge < -0.3 is 10.1 Å². The smallest absolute Gasteiger partial charge is 0.257 e. The predicted molar refractivity (Wildman–Crippen MR) is 97.1 cm³/mol. The molecule has 0 unspecified atom stereocenters. The van der Waals surface area contributed by atoms with Crippen LogP contribution in [0.3, 0.4) is 0 Å². The Labute approximate surface area is 153 Å². The summed E-state index contributed by atoms with van der Waals surface area (Å²) in [6, 6.07) is 9.71. The third kappa shape index (κ3) is 5.81. The van der Waals surface area contributed by atoms with Crippen molar-refractivity contribution in [3.8, 4) is 5.75 Å². The van der Waals surface area contributed by atoms with E-state index in [-0.39, 0.29) is 18.3 Å². The van der Waals surface area contributed by atoms with Crippen molar-refractivity contribution < 1.29 is 13.9 Å². The van der Waals surface area contributed by atoms with E-state index in [1.807, 2.05) is 12.3 Å². The average molecular weight is 357 g/mol. The molecule has 138 valence electrons. The first-order valence-electron chi connectivity index (χ1n) is 8.95. The van der Waals surface area contributed by atoms with Gasteiger partial charge in [0.05, 0.1) is 0 Å². The van der Waals surface area contributed by atoms with Crippen LogP contribution in [0.5, 0.6) is 5.75 Å². The zero-order chi connectivity index (χ0) is 18.2. The molecule has 5 nitrogen and oxygen atoms in total. The van der Waals surface area contributed by atoms with Crippen LogP contribution in [0.2, 0.25) is 0 Å². The number of benzene rings is 1. The minimum Gasteiger partial charge on any atom is -0.484 e. The topological polar surface area (TPSA) is 54.5 Å². The highest BCUT2D eigenvalue weighted by Gasteiger charge is 2.19. The van der Waals surface area contributed by atoms with E-state index in [4.69, 9.17) is 4.74 Å². The molecule has 1 aromatic carbocycles. The molecule has 1 aromatic heterocycles. The number of carbonyl (C=O) groups is 1. The summed E-state index contributed by atoms with van der Waals surface area (Å²) in [5, 5.41) is 2.93. The Morgan fingerprint density at radius 1 is 1.23 bits per heavy atom. The quantitative estimate of drug-likeness (QED) is 0.828. The molecule has 0 saturated carbocycles. The van der Waals surface area contributed by atoms with Gasteiger partial charge in [0.25, 0.3) is 5.91 Å². The maximum Gasteiger partial charge on any atom is 0.257 e. The highest BCUT2D eigenvalue weighted by Crippen LogP contribution is 2.18. The molecule has 2 aromatic rings. The zero-order valence-corrected chi connectivity index (χ0v) is 14.7. The summed E-state index contributed by atoms with van der Waals surface area (Å²) in [4.78, 5) is 18.5. The van der Waals surface area contributed by atoms with Crippen LogP contribution in [0.4, 0.5) is 4.39 Å². The first kappa shape index (κ1) is 18.3. The lowest BCUT2D eigenvalue weighted by Crippen LogP contribution is -2.39. The Bertz CT molecular complexity index is 686. The number of hydrogen-bond acceptors (Lipinski definition) is 4. The number of carbonyl (C=O) groups excluding carboxylic acids is 1. The summed E-state index contributed by atoms with van der Waals surface area (Å²) in [5.41, 5.74) is 1.23. The Morgan fingerprint density at radius 2 is 2.00 bits per heavy atom. The normalized spacial score (nSPS) is 15.6. The molecule has 6 heteroatoms. The Kier molecular flexibility index (Phi) is 6.55. The van der Waals surface area contributed by atoms with Gasteiger partial charge in [-0.3, -0.25) is 14.7 Å². The average Bonchev–Trinajstić information content (AvgIpc) is 2.68. The van der Waals surface area contributed by atoms with Crippen LogP contribution < -0.4 is 10.1 Å². The van der Waals surface area contributed by atoms with Gasteiger partial charge in [-0.25, -0.2) is 4.39 Å². The standard InChI is InChI=1S/C20H24FN3O2/c21-18-3-5-19(6-4-18)26-15-20(25)23-13-16-7-10-24(11-8-16)14-17-2-1-9-22-12-17/h1-6,9,12,16H,7-8,10-11,13-15H2,(H,23,25). The summed E-state index contributed by atoms with van der Waals surface area (Å²) < 4.78 is 18.2. The molecule has 1 saturated heterocycles. The monoisotopic (exact) mass is 357 g/mol. The predicted octanol–water partition coefficient (Wildman–Crippen LogP) is 2.63. The van der Waals surface area contributed by atoms with Crippen molar-refractivity contribution in [1.29, 1.82) is 0 Å². The molecule has 0 radical (unpaired) electrons. The van der Waals surface area contributed by atoms with Crippen molar-refractivity contribution in [1.82, 2.24) is 15.2 Å². The van der Waals surface area contributed by atoms with Gasteiger partial charge >= 0.3 is 0 Å². The van der Waals surface area contributed by atoms with Crippen molar-refractivity contribution in [3.05, 3.63) is 60.2 Å². The van der Waals surface area contributed by atoms with Crippen LogP contribution in [0, 0.1) is 11.7 Å². The molecule has 26 heavy (non-hydrogen) atoms. The van der Waals surface area contributed by atoms with Gasteiger partial charge in [0.1, 0.15) is 11.6 Å². The first-order valence-corrected chi connectivity index (χ1v) is 8.95. The molecule has 0 aliphatic carbocycles. The maximum atomic E-state index is 12.8. The number of nitrogens with one attached hydrogen (secondary N) is 1. The van der Waals surface area contributed by atoms with Crippen LogP contribution in [-0.4, -0.2) is 42.0 Å². The van der Waals surface area contributed by atoms with Crippen molar-refractivity contribution in [3.63, 3.8) is 0 Å². The molecular formula is C20H24FN3O2. The van der Waals surface area contributed by atoms with Crippen molar-refractivity contribution in [2.45, 2.75) is 19.4 Å². The van der Waals surface area contributed by atoms with E-state index in [0.29, 0.717) is 18.2 Å². The van der Waals surface area contributed by atoms with E-state index < -0.39 is 0 Å². The second-order valence-electron chi connectivity index (χ2n) is 6.63. The lowest BCUT2D eigenvalue weighted by atomic mass is 9.96. The van der Waals surface area contributed by atoms with E-state index >= 15 is 0 Å². The van der Waals surface area contributed by atoms with Gasteiger partial charge in [0, 0.05) is 25.5 Å². The molecule has 1 N–H and O–H groups in total. The van der Waals surface area contributed by atoms with Gasteiger partial charge in [0.15, 0.2) is 6.61 Å². The number of rotatable bonds is 7. The molecule has 1 amide bonds. The van der Waals surface area contributed by atoms with Crippen LogP contribution in [0.25, 0.3) is 0 Å². The van der Waals surface area contributed by atoms with E-state index in [1.165, 1.54) is 29.8 Å². The van der Waals surface area contributed by atoms with Gasteiger partial charge in [-0.1, -0.05) is 6.07 Å². The Balaban J connectivity index is 1.32. The van der Waals surface area contributed by atoms with Crippen molar-refractivity contribution in [2.24, 2.45) is 5.92 Å². The molecule has 1 fully saturated rings. The molecule has 0 bridgehead atoms. The van der Waals surface area contributed by atoms with Gasteiger partial charge in [-0.15, -0.1) is 0 Å². The van der Waals surface area contributed by atoms with Crippen LogP contribution in [0.1, 0.15) is 18.4 Å². The second-order valence-corrected chi connectivity index (χ2v) is 6.63. The Morgan fingerprint density at radius 3 is 2.69 bits per heavy atom. The van der Waals surface area contributed by atoms with E-state index in [0.717, 1.165) is 32.5 Å². The molecule has 2 heterocycles. The first-order chi connectivity index (χ1) is 12.7. The fraction of sp³-hybridized carbons (Fsp3) is 0.400. The van der Waals surface area contributed by atoms with Gasteiger partial charge in [-0.2, -0.15) is 0 Å². The molecule has 0 spiro atoms. The summed E-state index contributed by atoms with van der Waals surface area (Å²) in [5.74, 6) is 0.518. The van der Waals surface area contributed by atoms with Crippen LogP contribution in [0.15, 0.2) is 48.8 Å². The number of piperidine rings is 1. The number of ether oxygens (including phenoxy) is 1. The highest BCUT2D eigenvalue weighted by atomic mass is 19.1. The summed E-state index contributed by atoms with van der Waals surface area (Å²) in [6.45, 7) is 3.61. The molecular weight excluding hydrogens is 333 g/mol. The molecule has 1 aliphatic rings. The van der Waals surface area contributed by atoms with Crippen LogP contribution >= 0.6 is 0 Å². The summed E-state index contributed by atoms with van der Waals surface area (Å²) in [7, 11) is 0. The number of amides is 1. The van der Waals surface area contributed by atoms with E-state index in [1.54, 1.807) is 6.20 Å². The molecule has 0 atom stereocenters. The fourth-order valence-corrected chi connectivity index (χ4v) is 3.09. The summed E-state index contributed by atoms with van der Waals surface area (Å²) >= 11 is 0. The second kappa shape index (κ2) is 9.29. The lowest BCUT2D eigenvalue weighted by Gasteiger charge is -2.31. The number of aromatic nitrogens is 1. The molecule has 3 rings (SSSR count). The van der Waals surface area contributed by atoms with Crippen molar-refractivity contribution in [2.75, 3.05) is 26.2 Å². The van der Waals surface area contributed by atoms with E-state index in [2.05, 4.69) is 21.3 Å². The van der Waals surface area contributed by atoms with Gasteiger partial charge in [0.2, 0.25) is 0 Å². The number of likely N-dealkylation sites (tertiary alicyclic amines) is 1. The molecule has 1 aliphatic heterocycles. The largest absolute Gasteiger partial charge is 0.484 e. The Hall–Kier alpha value is -2.47. The number of pyridine rings is 1. The number of halogens is 1. The minimum absolute atomic E-state index is 0.0501. The van der Waals surface area contributed by atoms with Gasteiger partial charge in [-0.05, 0) is 67.7 Å². The fourth-order valence-electron chi connectivity index (χ4n) is 3.09.